The van der Waals surface area contributed by atoms with E-state index in [1.807, 2.05) is 38.1 Å². The Morgan fingerprint density at radius 3 is 2.41 bits per heavy atom. The van der Waals surface area contributed by atoms with Gasteiger partial charge in [-0.25, -0.2) is 0 Å². The van der Waals surface area contributed by atoms with E-state index in [4.69, 9.17) is 4.74 Å². The van der Waals surface area contributed by atoms with Gasteiger partial charge in [-0.3, -0.25) is 9.59 Å². The fourth-order valence-electron chi connectivity index (χ4n) is 2.46. The predicted molar refractivity (Wildman–Crippen MR) is 104 cm³/mol. The number of hydrogen-bond acceptors (Lipinski definition) is 4. The lowest BCUT2D eigenvalue weighted by Gasteiger charge is -2.17. The highest BCUT2D eigenvalue weighted by Gasteiger charge is 2.17. The molecule has 0 aliphatic carbocycles. The Labute approximate surface area is 159 Å². The molecule has 0 aliphatic rings. The number of carbonyl (C=O) groups is 2. The second-order valence-corrected chi connectivity index (χ2v) is 6.59. The molecule has 0 spiro atoms. The highest BCUT2D eigenvalue weighted by Crippen LogP contribution is 2.12. The van der Waals surface area contributed by atoms with Crippen molar-refractivity contribution in [3.8, 4) is 5.75 Å². The van der Waals surface area contributed by atoms with Gasteiger partial charge in [0.05, 0.1) is 0 Å². The van der Waals surface area contributed by atoms with Crippen molar-refractivity contribution in [2.24, 2.45) is 0 Å². The summed E-state index contributed by atoms with van der Waals surface area (Å²) >= 11 is 0. The molecule has 0 fully saturated rings. The Kier molecular flexibility index (Phi) is 7.37. The summed E-state index contributed by atoms with van der Waals surface area (Å²) in [6.45, 7) is 5.55. The molecule has 0 aromatic heterocycles. The number of rotatable bonds is 8. The molecule has 0 heterocycles. The van der Waals surface area contributed by atoms with Crippen LogP contribution in [0.4, 0.5) is 0 Å². The van der Waals surface area contributed by atoms with Crippen LogP contribution < -0.4 is 15.4 Å². The largest absolute Gasteiger partial charge is 0.491 e. The van der Waals surface area contributed by atoms with Crippen LogP contribution in [0, 0.1) is 13.8 Å². The highest BCUT2D eigenvalue weighted by atomic mass is 16.5. The molecule has 2 rings (SSSR count). The van der Waals surface area contributed by atoms with E-state index in [0.717, 1.165) is 11.1 Å². The van der Waals surface area contributed by atoms with E-state index < -0.39 is 12.1 Å². The zero-order valence-corrected chi connectivity index (χ0v) is 15.9. The minimum atomic E-state index is -0.853. The summed E-state index contributed by atoms with van der Waals surface area (Å²) < 4.78 is 5.50. The highest BCUT2D eigenvalue weighted by molar-refractivity contribution is 5.97. The van der Waals surface area contributed by atoms with E-state index in [0.29, 0.717) is 11.3 Å². The Morgan fingerprint density at radius 1 is 1.07 bits per heavy atom. The monoisotopic (exact) mass is 370 g/mol. The first kappa shape index (κ1) is 20.5. The van der Waals surface area contributed by atoms with Crippen LogP contribution in [0.2, 0.25) is 0 Å². The second-order valence-electron chi connectivity index (χ2n) is 6.59. The minimum absolute atomic E-state index is 0.0370. The van der Waals surface area contributed by atoms with Crippen molar-refractivity contribution >= 4 is 11.8 Å². The number of aryl methyl sites for hydroxylation is 2. The quantitative estimate of drug-likeness (QED) is 0.663. The molecule has 0 saturated heterocycles. The SMILES string of the molecule is Cc1cccc(OCC(O)CNC(=O)C(C)NC(=O)c2cccc(C)c2)c1. The van der Waals surface area contributed by atoms with Crippen LogP contribution in [0.25, 0.3) is 0 Å². The molecule has 2 aromatic carbocycles. The number of ether oxygens (including phenoxy) is 1. The standard InChI is InChI=1S/C21H26N2O4/c1-14-6-4-8-17(10-14)21(26)23-16(3)20(25)22-12-18(24)13-27-19-9-5-7-15(2)11-19/h4-11,16,18,24H,12-13H2,1-3H3,(H,22,25)(H,23,26). The van der Waals surface area contributed by atoms with Crippen LogP contribution in [0.15, 0.2) is 48.5 Å². The van der Waals surface area contributed by atoms with Crippen molar-refractivity contribution in [1.82, 2.24) is 10.6 Å². The molecule has 3 N–H and O–H groups in total. The summed E-state index contributed by atoms with van der Waals surface area (Å²) in [4.78, 5) is 24.3. The van der Waals surface area contributed by atoms with Gasteiger partial charge in [-0.05, 0) is 50.6 Å². The van der Waals surface area contributed by atoms with Gasteiger partial charge in [0.15, 0.2) is 0 Å². The van der Waals surface area contributed by atoms with Gasteiger partial charge in [0.25, 0.3) is 5.91 Å². The van der Waals surface area contributed by atoms with E-state index in [9.17, 15) is 14.7 Å². The maximum Gasteiger partial charge on any atom is 0.251 e. The molecule has 2 aromatic rings. The Bertz CT molecular complexity index is 791. The van der Waals surface area contributed by atoms with Gasteiger partial charge in [-0.2, -0.15) is 0 Å². The number of aliphatic hydroxyl groups excluding tert-OH is 1. The first-order valence-electron chi connectivity index (χ1n) is 8.88. The molecule has 0 bridgehead atoms. The Morgan fingerprint density at radius 2 is 1.74 bits per heavy atom. The summed E-state index contributed by atoms with van der Waals surface area (Å²) in [5.41, 5.74) is 2.53. The number of benzene rings is 2. The molecule has 0 aliphatic heterocycles. The summed E-state index contributed by atoms with van der Waals surface area (Å²) in [7, 11) is 0. The second kappa shape index (κ2) is 9.73. The fraction of sp³-hybridized carbons (Fsp3) is 0.333. The number of hydrogen-bond donors (Lipinski definition) is 3. The predicted octanol–water partition coefficient (Wildman–Crippen LogP) is 1.98. The van der Waals surface area contributed by atoms with Gasteiger partial charge in [0.1, 0.15) is 24.5 Å². The van der Waals surface area contributed by atoms with Crippen LogP contribution in [0.1, 0.15) is 28.4 Å². The maximum atomic E-state index is 12.2. The molecule has 2 unspecified atom stereocenters. The van der Waals surface area contributed by atoms with Crippen molar-refractivity contribution in [3.63, 3.8) is 0 Å². The average Bonchev–Trinajstić information content (AvgIpc) is 2.64. The number of aliphatic hydroxyl groups is 1. The van der Waals surface area contributed by atoms with Crippen molar-refractivity contribution in [1.29, 1.82) is 0 Å². The summed E-state index contributed by atoms with van der Waals surface area (Å²) in [5, 5.41) is 15.2. The first-order chi connectivity index (χ1) is 12.8. The molecular formula is C21H26N2O4. The molecule has 6 heteroatoms. The van der Waals surface area contributed by atoms with Gasteiger partial charge in [-0.1, -0.05) is 29.8 Å². The van der Waals surface area contributed by atoms with Crippen LogP contribution in [0.3, 0.4) is 0 Å². The van der Waals surface area contributed by atoms with E-state index in [-0.39, 0.29) is 25.0 Å². The van der Waals surface area contributed by atoms with Crippen LogP contribution in [0.5, 0.6) is 5.75 Å². The molecule has 27 heavy (non-hydrogen) atoms. The van der Waals surface area contributed by atoms with E-state index in [2.05, 4.69) is 10.6 Å². The lowest BCUT2D eigenvalue weighted by Crippen LogP contribution is -2.47. The Balaban J connectivity index is 1.74. The van der Waals surface area contributed by atoms with Crippen LogP contribution in [-0.2, 0) is 4.79 Å². The van der Waals surface area contributed by atoms with Gasteiger partial charge in [0.2, 0.25) is 5.91 Å². The third kappa shape index (κ3) is 6.75. The van der Waals surface area contributed by atoms with Gasteiger partial charge in [0, 0.05) is 12.1 Å². The summed E-state index contributed by atoms with van der Waals surface area (Å²) in [5.74, 6) is -0.0190. The van der Waals surface area contributed by atoms with E-state index in [1.165, 1.54) is 0 Å². The number of carbonyl (C=O) groups excluding carboxylic acids is 2. The zero-order chi connectivity index (χ0) is 19.8. The van der Waals surface area contributed by atoms with Gasteiger partial charge in [-0.15, -0.1) is 0 Å². The lowest BCUT2D eigenvalue weighted by molar-refractivity contribution is -0.123. The molecular weight excluding hydrogens is 344 g/mol. The minimum Gasteiger partial charge on any atom is -0.491 e. The van der Waals surface area contributed by atoms with Crippen molar-refractivity contribution in [2.45, 2.75) is 32.9 Å². The molecule has 2 amide bonds. The van der Waals surface area contributed by atoms with Gasteiger partial charge >= 0.3 is 0 Å². The Hall–Kier alpha value is -2.86. The van der Waals surface area contributed by atoms with E-state index >= 15 is 0 Å². The topological polar surface area (TPSA) is 87.7 Å². The van der Waals surface area contributed by atoms with Crippen molar-refractivity contribution in [3.05, 3.63) is 65.2 Å². The normalized spacial score (nSPS) is 12.7. The third-order valence-corrected chi connectivity index (χ3v) is 3.96. The first-order valence-corrected chi connectivity index (χ1v) is 8.88. The van der Waals surface area contributed by atoms with E-state index in [1.54, 1.807) is 31.2 Å². The zero-order valence-electron chi connectivity index (χ0n) is 15.9. The van der Waals surface area contributed by atoms with Crippen molar-refractivity contribution < 1.29 is 19.4 Å². The molecule has 0 saturated carbocycles. The smallest absolute Gasteiger partial charge is 0.251 e. The lowest BCUT2D eigenvalue weighted by atomic mass is 10.1. The molecule has 2 atom stereocenters. The summed E-state index contributed by atoms with van der Waals surface area (Å²) in [6, 6.07) is 13.9. The number of amides is 2. The fourth-order valence-corrected chi connectivity index (χ4v) is 2.46. The van der Waals surface area contributed by atoms with Gasteiger partial charge < -0.3 is 20.5 Å². The average molecular weight is 370 g/mol. The number of nitrogens with one attached hydrogen (secondary N) is 2. The molecule has 0 radical (unpaired) electrons. The summed E-state index contributed by atoms with van der Waals surface area (Å²) in [6.07, 6.45) is -0.853. The van der Waals surface area contributed by atoms with Crippen LogP contribution >= 0.6 is 0 Å². The van der Waals surface area contributed by atoms with Crippen molar-refractivity contribution in [2.75, 3.05) is 13.2 Å². The molecule has 144 valence electrons. The third-order valence-electron chi connectivity index (χ3n) is 3.96. The van der Waals surface area contributed by atoms with Crippen LogP contribution in [-0.4, -0.2) is 42.2 Å². The maximum absolute atomic E-state index is 12.2. The molecule has 6 nitrogen and oxygen atoms in total.